The van der Waals surface area contributed by atoms with E-state index in [1.54, 1.807) is 30.3 Å². The molecule has 0 atom stereocenters. The Morgan fingerprint density at radius 2 is 1.79 bits per heavy atom. The van der Waals surface area contributed by atoms with Crippen LogP contribution in [0.2, 0.25) is 0 Å². The molecule has 0 heterocycles. The lowest BCUT2D eigenvalue weighted by molar-refractivity contribution is 0.0945. The second-order valence-corrected chi connectivity index (χ2v) is 4.44. The van der Waals surface area contributed by atoms with Gasteiger partial charge in [0.05, 0.1) is 6.26 Å². The molecule has 0 saturated heterocycles. The Kier molecular flexibility index (Phi) is 3.21. The Balaban J connectivity index is 2.61. The Labute approximate surface area is 82.2 Å². The van der Waals surface area contributed by atoms with Gasteiger partial charge in [-0.15, -0.1) is 4.83 Å². The fraction of sp³-hybridized carbons (Fsp3) is 0.125. The van der Waals surface area contributed by atoms with Gasteiger partial charge in [0.1, 0.15) is 0 Å². The molecule has 1 aromatic carbocycles. The Morgan fingerprint density at radius 1 is 1.21 bits per heavy atom. The predicted molar refractivity (Wildman–Crippen MR) is 51.9 cm³/mol. The van der Waals surface area contributed by atoms with Gasteiger partial charge in [-0.2, -0.15) is 0 Å². The maximum atomic E-state index is 11.3. The molecule has 0 fully saturated rings. The van der Waals surface area contributed by atoms with Gasteiger partial charge < -0.3 is 0 Å². The smallest absolute Gasteiger partial charge is 0.266 e. The lowest BCUT2D eigenvalue weighted by atomic mass is 10.2. The number of carbonyl (C=O) groups excluding carboxylic acids is 1. The number of hydrazine groups is 1. The van der Waals surface area contributed by atoms with Crippen LogP contribution in [0.25, 0.3) is 0 Å². The van der Waals surface area contributed by atoms with Crippen LogP contribution in [0.4, 0.5) is 0 Å². The number of amides is 1. The molecule has 0 aromatic heterocycles. The first-order valence-electron chi connectivity index (χ1n) is 3.81. The summed E-state index contributed by atoms with van der Waals surface area (Å²) in [6.45, 7) is 0. The molecular weight excluding hydrogens is 204 g/mol. The fourth-order valence-electron chi connectivity index (χ4n) is 0.801. The molecule has 1 aromatic rings. The van der Waals surface area contributed by atoms with Crippen LogP contribution in [0.3, 0.4) is 0 Å². The SMILES string of the molecule is CS(=O)(=O)NNC(=O)c1ccccc1. The second-order valence-electron chi connectivity index (χ2n) is 2.69. The molecule has 0 bridgehead atoms. The van der Waals surface area contributed by atoms with E-state index in [4.69, 9.17) is 0 Å². The van der Waals surface area contributed by atoms with Crippen molar-refractivity contribution in [1.82, 2.24) is 10.3 Å². The summed E-state index contributed by atoms with van der Waals surface area (Å²) in [5.41, 5.74) is 2.45. The van der Waals surface area contributed by atoms with E-state index in [-0.39, 0.29) is 0 Å². The minimum atomic E-state index is -3.41. The van der Waals surface area contributed by atoms with Crippen LogP contribution in [-0.2, 0) is 10.0 Å². The summed E-state index contributed by atoms with van der Waals surface area (Å²) in [6, 6.07) is 8.31. The summed E-state index contributed by atoms with van der Waals surface area (Å²) in [4.78, 5) is 13.1. The van der Waals surface area contributed by atoms with Crippen LogP contribution in [-0.4, -0.2) is 20.6 Å². The van der Waals surface area contributed by atoms with Crippen LogP contribution in [0.5, 0.6) is 0 Å². The Bertz CT molecular complexity index is 413. The Hall–Kier alpha value is -1.40. The van der Waals surface area contributed by atoms with E-state index in [0.717, 1.165) is 6.26 Å². The Morgan fingerprint density at radius 3 is 2.29 bits per heavy atom. The van der Waals surface area contributed by atoms with Gasteiger partial charge in [0.15, 0.2) is 0 Å². The van der Waals surface area contributed by atoms with Crippen LogP contribution in [0, 0.1) is 0 Å². The summed E-state index contributed by atoms with van der Waals surface area (Å²) in [6.07, 6.45) is 0.957. The van der Waals surface area contributed by atoms with Gasteiger partial charge in [-0.25, -0.2) is 8.42 Å². The molecule has 0 aliphatic carbocycles. The third-order valence-electron chi connectivity index (χ3n) is 1.39. The number of nitrogens with one attached hydrogen (secondary N) is 2. The number of rotatable bonds is 3. The number of carbonyl (C=O) groups is 1. The number of hydrogen-bond donors (Lipinski definition) is 2. The first kappa shape index (κ1) is 10.7. The van der Waals surface area contributed by atoms with Gasteiger partial charge in [0, 0.05) is 5.56 Å². The molecular formula is C8H10N2O3S. The summed E-state index contributed by atoms with van der Waals surface area (Å²) in [7, 11) is -3.41. The van der Waals surface area contributed by atoms with Crippen molar-refractivity contribution >= 4 is 15.9 Å². The van der Waals surface area contributed by atoms with Crippen molar-refractivity contribution in [1.29, 1.82) is 0 Å². The number of benzene rings is 1. The average Bonchev–Trinajstić information content (AvgIpc) is 2.14. The van der Waals surface area contributed by atoms with Gasteiger partial charge in [-0.3, -0.25) is 10.2 Å². The van der Waals surface area contributed by atoms with Crippen molar-refractivity contribution in [3.05, 3.63) is 35.9 Å². The predicted octanol–water partition coefficient (Wildman–Crippen LogP) is -0.119. The van der Waals surface area contributed by atoms with Crippen LogP contribution >= 0.6 is 0 Å². The molecule has 6 heteroatoms. The highest BCUT2D eigenvalue weighted by molar-refractivity contribution is 7.88. The minimum absolute atomic E-state index is 0.392. The van der Waals surface area contributed by atoms with E-state index in [0.29, 0.717) is 5.56 Å². The molecule has 14 heavy (non-hydrogen) atoms. The lowest BCUT2D eigenvalue weighted by Crippen LogP contribution is -2.40. The van der Waals surface area contributed by atoms with Crippen molar-refractivity contribution < 1.29 is 13.2 Å². The number of hydrogen-bond acceptors (Lipinski definition) is 3. The standard InChI is InChI=1S/C8H10N2O3S/c1-14(12,13)10-9-8(11)7-5-3-2-4-6-7/h2-6,10H,1H3,(H,9,11). The maximum absolute atomic E-state index is 11.3. The van der Waals surface area contributed by atoms with Crippen molar-refractivity contribution in [2.75, 3.05) is 6.26 Å². The zero-order chi connectivity index (χ0) is 10.6. The quantitative estimate of drug-likeness (QED) is 0.689. The average molecular weight is 214 g/mol. The molecule has 0 spiro atoms. The first-order chi connectivity index (χ1) is 6.49. The van der Waals surface area contributed by atoms with E-state index >= 15 is 0 Å². The minimum Gasteiger partial charge on any atom is -0.274 e. The highest BCUT2D eigenvalue weighted by atomic mass is 32.2. The van der Waals surface area contributed by atoms with E-state index in [9.17, 15) is 13.2 Å². The third-order valence-corrected chi connectivity index (χ3v) is 1.86. The summed E-state index contributed by atoms with van der Waals surface area (Å²) in [5.74, 6) is -0.490. The van der Waals surface area contributed by atoms with Crippen molar-refractivity contribution in [2.45, 2.75) is 0 Å². The molecule has 5 nitrogen and oxygen atoms in total. The third kappa shape index (κ3) is 3.55. The van der Waals surface area contributed by atoms with Gasteiger partial charge in [-0.05, 0) is 12.1 Å². The molecule has 1 rings (SSSR count). The zero-order valence-electron chi connectivity index (χ0n) is 7.52. The summed E-state index contributed by atoms with van der Waals surface area (Å²) >= 11 is 0. The monoisotopic (exact) mass is 214 g/mol. The normalized spacial score (nSPS) is 10.9. The van der Waals surface area contributed by atoms with Crippen LogP contribution < -0.4 is 10.3 Å². The van der Waals surface area contributed by atoms with E-state index in [1.807, 2.05) is 4.83 Å². The van der Waals surface area contributed by atoms with Crippen LogP contribution in [0.1, 0.15) is 10.4 Å². The lowest BCUT2D eigenvalue weighted by Gasteiger charge is -2.04. The van der Waals surface area contributed by atoms with E-state index in [2.05, 4.69) is 5.43 Å². The zero-order valence-corrected chi connectivity index (χ0v) is 8.34. The first-order valence-corrected chi connectivity index (χ1v) is 5.70. The van der Waals surface area contributed by atoms with Gasteiger partial charge in [0.2, 0.25) is 10.0 Å². The molecule has 0 aliphatic heterocycles. The second kappa shape index (κ2) is 4.21. The maximum Gasteiger partial charge on any atom is 0.266 e. The van der Waals surface area contributed by atoms with Crippen molar-refractivity contribution in [3.8, 4) is 0 Å². The highest BCUT2D eigenvalue weighted by Crippen LogP contribution is 1.96. The van der Waals surface area contributed by atoms with Gasteiger partial charge >= 0.3 is 0 Å². The largest absolute Gasteiger partial charge is 0.274 e. The fourth-order valence-corrected chi connectivity index (χ4v) is 1.08. The van der Waals surface area contributed by atoms with E-state index in [1.165, 1.54) is 0 Å². The highest BCUT2D eigenvalue weighted by Gasteiger charge is 2.06. The van der Waals surface area contributed by atoms with Crippen molar-refractivity contribution in [2.24, 2.45) is 0 Å². The van der Waals surface area contributed by atoms with E-state index < -0.39 is 15.9 Å². The summed E-state index contributed by atoms with van der Waals surface area (Å²) < 4.78 is 21.3. The molecule has 0 radical (unpaired) electrons. The molecule has 1 amide bonds. The molecule has 76 valence electrons. The van der Waals surface area contributed by atoms with Crippen molar-refractivity contribution in [3.63, 3.8) is 0 Å². The molecule has 0 unspecified atom stereocenters. The van der Waals surface area contributed by atoms with Gasteiger partial charge in [-0.1, -0.05) is 18.2 Å². The number of sulfonamides is 1. The van der Waals surface area contributed by atoms with Gasteiger partial charge in [0.25, 0.3) is 5.91 Å². The molecule has 0 saturated carbocycles. The molecule has 0 aliphatic rings. The topological polar surface area (TPSA) is 75.3 Å². The summed E-state index contributed by atoms with van der Waals surface area (Å²) in [5, 5.41) is 0. The molecule has 2 N–H and O–H groups in total. The van der Waals surface area contributed by atoms with Crippen LogP contribution in [0.15, 0.2) is 30.3 Å².